The highest BCUT2D eigenvalue weighted by Crippen LogP contribution is 2.22. The number of ether oxygens (including phenoxy) is 1. The standard InChI is InChI=1S/C14H22N2O/c1-11-4-6-12(7-5-11)14(15-2)13-10-16(3)8-9-17-13/h4-7,13-15H,8-10H2,1-3H3. The first kappa shape index (κ1) is 12.6. The van der Waals surface area contributed by atoms with Crippen molar-refractivity contribution in [3.63, 3.8) is 0 Å². The Bertz CT molecular complexity index is 350. The Morgan fingerprint density at radius 1 is 1.35 bits per heavy atom. The molecule has 1 aliphatic heterocycles. The van der Waals surface area contributed by atoms with E-state index in [1.54, 1.807) is 0 Å². The van der Waals surface area contributed by atoms with E-state index >= 15 is 0 Å². The van der Waals surface area contributed by atoms with E-state index in [1.807, 2.05) is 7.05 Å². The number of hydrogen-bond donors (Lipinski definition) is 1. The number of benzene rings is 1. The number of aryl methyl sites for hydroxylation is 1. The maximum Gasteiger partial charge on any atom is 0.0896 e. The van der Waals surface area contributed by atoms with E-state index in [0.717, 1.165) is 19.7 Å². The zero-order chi connectivity index (χ0) is 12.3. The van der Waals surface area contributed by atoms with E-state index in [-0.39, 0.29) is 12.1 Å². The number of rotatable bonds is 3. The molecule has 1 heterocycles. The Morgan fingerprint density at radius 2 is 2.06 bits per heavy atom. The van der Waals surface area contributed by atoms with Crippen molar-refractivity contribution in [1.82, 2.24) is 10.2 Å². The van der Waals surface area contributed by atoms with Gasteiger partial charge in [-0.1, -0.05) is 29.8 Å². The third-order valence-corrected chi connectivity index (χ3v) is 3.42. The fourth-order valence-electron chi connectivity index (χ4n) is 2.35. The van der Waals surface area contributed by atoms with Gasteiger partial charge < -0.3 is 15.0 Å². The van der Waals surface area contributed by atoms with Gasteiger partial charge in [0.2, 0.25) is 0 Å². The molecule has 3 nitrogen and oxygen atoms in total. The lowest BCUT2D eigenvalue weighted by molar-refractivity contribution is -0.0380. The average Bonchev–Trinajstić information content (AvgIpc) is 2.33. The molecule has 0 saturated carbocycles. The lowest BCUT2D eigenvalue weighted by atomic mass is 9.99. The Labute approximate surface area is 104 Å². The van der Waals surface area contributed by atoms with Gasteiger partial charge >= 0.3 is 0 Å². The fourth-order valence-corrected chi connectivity index (χ4v) is 2.35. The van der Waals surface area contributed by atoms with Crippen LogP contribution in [0.3, 0.4) is 0 Å². The van der Waals surface area contributed by atoms with Crippen molar-refractivity contribution in [3.8, 4) is 0 Å². The van der Waals surface area contributed by atoms with Crippen LogP contribution in [0, 0.1) is 6.92 Å². The van der Waals surface area contributed by atoms with Gasteiger partial charge in [-0.2, -0.15) is 0 Å². The molecule has 2 unspecified atom stereocenters. The molecule has 0 radical (unpaired) electrons. The summed E-state index contributed by atoms with van der Waals surface area (Å²) < 4.78 is 5.88. The second-order valence-corrected chi connectivity index (χ2v) is 4.85. The summed E-state index contributed by atoms with van der Waals surface area (Å²) in [5.74, 6) is 0. The summed E-state index contributed by atoms with van der Waals surface area (Å²) in [5, 5.41) is 3.38. The van der Waals surface area contributed by atoms with Gasteiger partial charge in [0, 0.05) is 13.1 Å². The number of nitrogens with zero attached hydrogens (tertiary/aromatic N) is 1. The molecule has 0 amide bonds. The maximum absolute atomic E-state index is 5.88. The second-order valence-electron chi connectivity index (χ2n) is 4.85. The third kappa shape index (κ3) is 3.06. The Kier molecular flexibility index (Phi) is 4.15. The number of nitrogens with one attached hydrogen (secondary N) is 1. The summed E-state index contributed by atoms with van der Waals surface area (Å²) in [6, 6.07) is 8.97. The van der Waals surface area contributed by atoms with E-state index in [0.29, 0.717) is 0 Å². The molecule has 1 aliphatic rings. The van der Waals surface area contributed by atoms with Crippen LogP contribution in [0.15, 0.2) is 24.3 Å². The van der Waals surface area contributed by atoms with Crippen LogP contribution < -0.4 is 5.32 Å². The summed E-state index contributed by atoms with van der Waals surface area (Å²) in [4.78, 5) is 2.33. The molecule has 1 N–H and O–H groups in total. The number of likely N-dealkylation sites (N-methyl/N-ethyl adjacent to an activating group) is 2. The summed E-state index contributed by atoms with van der Waals surface area (Å²) in [5.41, 5.74) is 2.60. The maximum atomic E-state index is 5.88. The minimum absolute atomic E-state index is 0.237. The summed E-state index contributed by atoms with van der Waals surface area (Å²) >= 11 is 0. The van der Waals surface area contributed by atoms with Gasteiger partial charge in [0.1, 0.15) is 0 Å². The predicted octanol–water partition coefficient (Wildman–Crippen LogP) is 1.59. The molecule has 94 valence electrons. The summed E-state index contributed by atoms with van der Waals surface area (Å²) in [6.45, 7) is 4.95. The van der Waals surface area contributed by atoms with Crippen molar-refractivity contribution >= 4 is 0 Å². The van der Waals surface area contributed by atoms with E-state index in [4.69, 9.17) is 4.74 Å². The van der Waals surface area contributed by atoms with Crippen LogP contribution >= 0.6 is 0 Å². The highest BCUT2D eigenvalue weighted by atomic mass is 16.5. The largest absolute Gasteiger partial charge is 0.374 e. The summed E-state index contributed by atoms with van der Waals surface area (Å²) in [6.07, 6.45) is 0.237. The quantitative estimate of drug-likeness (QED) is 0.859. The normalized spacial score (nSPS) is 23.6. The van der Waals surface area contributed by atoms with E-state index < -0.39 is 0 Å². The molecule has 1 saturated heterocycles. The Morgan fingerprint density at radius 3 is 2.65 bits per heavy atom. The number of hydrogen-bond acceptors (Lipinski definition) is 3. The van der Waals surface area contributed by atoms with Gasteiger partial charge in [-0.15, -0.1) is 0 Å². The minimum Gasteiger partial charge on any atom is -0.374 e. The molecular weight excluding hydrogens is 212 g/mol. The lowest BCUT2D eigenvalue weighted by Crippen LogP contribution is -2.46. The Hall–Kier alpha value is -0.900. The Balaban J connectivity index is 2.12. The molecule has 0 bridgehead atoms. The first-order valence-corrected chi connectivity index (χ1v) is 6.24. The van der Waals surface area contributed by atoms with Gasteiger partial charge in [-0.05, 0) is 26.6 Å². The van der Waals surface area contributed by atoms with Gasteiger partial charge in [0.25, 0.3) is 0 Å². The van der Waals surface area contributed by atoms with Crippen molar-refractivity contribution in [2.75, 3.05) is 33.8 Å². The van der Waals surface area contributed by atoms with E-state index in [9.17, 15) is 0 Å². The SMILES string of the molecule is CNC(c1ccc(C)cc1)C1CN(C)CCO1. The highest BCUT2D eigenvalue weighted by molar-refractivity contribution is 5.25. The molecule has 0 aromatic heterocycles. The monoisotopic (exact) mass is 234 g/mol. The molecular formula is C14H22N2O. The molecule has 2 atom stereocenters. The molecule has 17 heavy (non-hydrogen) atoms. The number of morpholine rings is 1. The zero-order valence-electron chi connectivity index (χ0n) is 10.9. The van der Waals surface area contributed by atoms with Crippen LogP contribution in [0.5, 0.6) is 0 Å². The molecule has 0 spiro atoms. The smallest absolute Gasteiger partial charge is 0.0896 e. The third-order valence-electron chi connectivity index (χ3n) is 3.42. The van der Waals surface area contributed by atoms with Crippen molar-refractivity contribution in [3.05, 3.63) is 35.4 Å². The zero-order valence-corrected chi connectivity index (χ0v) is 10.9. The predicted molar refractivity (Wildman–Crippen MR) is 70.2 cm³/mol. The highest BCUT2D eigenvalue weighted by Gasteiger charge is 2.26. The van der Waals surface area contributed by atoms with Crippen LogP contribution in [0.4, 0.5) is 0 Å². The molecule has 1 aromatic carbocycles. The van der Waals surface area contributed by atoms with Crippen LogP contribution in [0.2, 0.25) is 0 Å². The van der Waals surface area contributed by atoms with Crippen molar-refractivity contribution in [2.45, 2.75) is 19.1 Å². The van der Waals surface area contributed by atoms with Crippen LogP contribution in [0.25, 0.3) is 0 Å². The van der Waals surface area contributed by atoms with Crippen LogP contribution in [0.1, 0.15) is 17.2 Å². The van der Waals surface area contributed by atoms with Gasteiger partial charge in [-0.25, -0.2) is 0 Å². The second kappa shape index (κ2) is 5.63. The first-order valence-electron chi connectivity index (χ1n) is 6.24. The topological polar surface area (TPSA) is 24.5 Å². The van der Waals surface area contributed by atoms with Gasteiger partial charge in [0.05, 0.1) is 18.8 Å². The minimum atomic E-state index is 0.237. The molecule has 0 aliphatic carbocycles. The van der Waals surface area contributed by atoms with Crippen LogP contribution in [-0.2, 0) is 4.74 Å². The van der Waals surface area contributed by atoms with Gasteiger partial charge in [-0.3, -0.25) is 0 Å². The first-order chi connectivity index (χ1) is 8.20. The van der Waals surface area contributed by atoms with Crippen molar-refractivity contribution in [1.29, 1.82) is 0 Å². The average molecular weight is 234 g/mol. The van der Waals surface area contributed by atoms with Crippen LogP contribution in [-0.4, -0.2) is 44.8 Å². The molecule has 3 heteroatoms. The van der Waals surface area contributed by atoms with Crippen molar-refractivity contribution in [2.24, 2.45) is 0 Å². The van der Waals surface area contributed by atoms with Gasteiger partial charge in [0.15, 0.2) is 0 Å². The van der Waals surface area contributed by atoms with Crippen molar-refractivity contribution < 1.29 is 4.74 Å². The molecule has 2 rings (SSSR count). The van der Waals surface area contributed by atoms with E-state index in [1.165, 1.54) is 11.1 Å². The molecule has 1 aromatic rings. The van der Waals surface area contributed by atoms with E-state index in [2.05, 4.69) is 48.5 Å². The fraction of sp³-hybridized carbons (Fsp3) is 0.571. The summed E-state index contributed by atoms with van der Waals surface area (Å²) in [7, 11) is 4.15. The molecule has 1 fully saturated rings. The lowest BCUT2D eigenvalue weighted by Gasteiger charge is -2.35.